The molecule has 0 aliphatic carbocycles. The van der Waals surface area contributed by atoms with Crippen molar-refractivity contribution in [3.63, 3.8) is 0 Å². The molecule has 0 radical (unpaired) electrons. The Morgan fingerprint density at radius 2 is 1.94 bits per heavy atom. The van der Waals surface area contributed by atoms with Crippen LogP contribution in [0, 0.1) is 0 Å². The van der Waals surface area contributed by atoms with Crippen LogP contribution in [0.1, 0.15) is 12.8 Å². The summed E-state index contributed by atoms with van der Waals surface area (Å²) in [5, 5.41) is 11.0. The molecule has 2 N–H and O–H groups in total. The first kappa shape index (κ1) is 12.9. The molecule has 1 aliphatic heterocycles. The SMILES string of the molecule is O=C(O)CCNC(=O)CCN1CCOCC1. The Morgan fingerprint density at radius 3 is 2.56 bits per heavy atom. The molecule has 0 atom stereocenters. The van der Waals surface area contributed by atoms with Crippen molar-refractivity contribution >= 4 is 11.9 Å². The summed E-state index contributed by atoms with van der Waals surface area (Å²) >= 11 is 0. The molecule has 0 spiro atoms. The lowest BCUT2D eigenvalue weighted by Crippen LogP contribution is -2.39. The maximum absolute atomic E-state index is 11.3. The average Bonchev–Trinajstić information content (AvgIpc) is 2.27. The molecule has 1 aliphatic rings. The van der Waals surface area contributed by atoms with Crippen molar-refractivity contribution in [1.29, 1.82) is 0 Å². The van der Waals surface area contributed by atoms with Gasteiger partial charge in [-0.2, -0.15) is 0 Å². The third-order valence-electron chi connectivity index (χ3n) is 2.42. The summed E-state index contributed by atoms with van der Waals surface area (Å²) in [7, 11) is 0. The molecule has 1 saturated heterocycles. The molecule has 0 unspecified atom stereocenters. The fraction of sp³-hybridized carbons (Fsp3) is 0.800. The van der Waals surface area contributed by atoms with Gasteiger partial charge in [-0.05, 0) is 0 Å². The Balaban J connectivity index is 2.02. The van der Waals surface area contributed by atoms with E-state index in [0.717, 1.165) is 26.3 Å². The molecule has 0 aromatic rings. The normalized spacial score (nSPS) is 17.0. The molecule has 6 heteroatoms. The number of rotatable bonds is 6. The Morgan fingerprint density at radius 1 is 1.25 bits per heavy atom. The molecule has 6 nitrogen and oxygen atoms in total. The van der Waals surface area contributed by atoms with Crippen LogP contribution >= 0.6 is 0 Å². The molecular formula is C10H18N2O4. The van der Waals surface area contributed by atoms with Gasteiger partial charge in [0.1, 0.15) is 0 Å². The molecule has 0 saturated carbocycles. The van der Waals surface area contributed by atoms with E-state index < -0.39 is 5.97 Å². The summed E-state index contributed by atoms with van der Waals surface area (Å²) in [5.74, 6) is -0.985. The predicted molar refractivity (Wildman–Crippen MR) is 57.1 cm³/mol. The summed E-state index contributed by atoms with van der Waals surface area (Å²) < 4.78 is 5.19. The van der Waals surface area contributed by atoms with Crippen molar-refractivity contribution in [2.24, 2.45) is 0 Å². The Bertz CT molecular complexity index is 239. The molecule has 0 aromatic carbocycles. The second-order valence-electron chi connectivity index (χ2n) is 3.70. The molecule has 1 fully saturated rings. The lowest BCUT2D eigenvalue weighted by molar-refractivity contribution is -0.136. The third-order valence-corrected chi connectivity index (χ3v) is 2.42. The quantitative estimate of drug-likeness (QED) is 0.631. The summed E-state index contributed by atoms with van der Waals surface area (Å²) in [4.78, 5) is 23.7. The van der Waals surface area contributed by atoms with Crippen LogP contribution in [0.3, 0.4) is 0 Å². The summed E-state index contributed by atoms with van der Waals surface area (Å²) in [6, 6.07) is 0. The standard InChI is InChI=1S/C10H18N2O4/c13-9(11-3-1-10(14)15)2-4-12-5-7-16-8-6-12/h1-8H2,(H,11,13)(H,14,15). The van der Waals surface area contributed by atoms with Crippen LogP contribution in [0.25, 0.3) is 0 Å². The number of carbonyl (C=O) groups is 2. The smallest absolute Gasteiger partial charge is 0.305 e. The van der Waals surface area contributed by atoms with Gasteiger partial charge in [0.05, 0.1) is 19.6 Å². The van der Waals surface area contributed by atoms with E-state index in [-0.39, 0.29) is 18.9 Å². The van der Waals surface area contributed by atoms with Gasteiger partial charge in [0, 0.05) is 32.6 Å². The van der Waals surface area contributed by atoms with Crippen molar-refractivity contribution in [3.05, 3.63) is 0 Å². The van der Waals surface area contributed by atoms with E-state index in [4.69, 9.17) is 9.84 Å². The highest BCUT2D eigenvalue weighted by atomic mass is 16.5. The highest BCUT2D eigenvalue weighted by Crippen LogP contribution is 1.97. The minimum atomic E-state index is -0.895. The predicted octanol–water partition coefficient (Wildman–Crippen LogP) is -0.700. The van der Waals surface area contributed by atoms with Crippen molar-refractivity contribution < 1.29 is 19.4 Å². The number of morpholine rings is 1. The molecule has 92 valence electrons. The molecule has 0 bridgehead atoms. The highest BCUT2D eigenvalue weighted by molar-refractivity contribution is 5.76. The van der Waals surface area contributed by atoms with Crippen molar-refractivity contribution in [2.75, 3.05) is 39.4 Å². The lowest BCUT2D eigenvalue weighted by Gasteiger charge is -2.26. The van der Waals surface area contributed by atoms with E-state index in [1.54, 1.807) is 0 Å². The fourth-order valence-electron chi connectivity index (χ4n) is 1.48. The first-order chi connectivity index (χ1) is 7.68. The van der Waals surface area contributed by atoms with Gasteiger partial charge in [0.25, 0.3) is 0 Å². The second-order valence-corrected chi connectivity index (χ2v) is 3.70. The Kier molecular flexibility index (Phi) is 5.81. The van der Waals surface area contributed by atoms with E-state index in [0.29, 0.717) is 13.0 Å². The van der Waals surface area contributed by atoms with Crippen LogP contribution < -0.4 is 5.32 Å². The van der Waals surface area contributed by atoms with E-state index in [9.17, 15) is 9.59 Å². The van der Waals surface area contributed by atoms with Crippen LogP contribution in [0.2, 0.25) is 0 Å². The van der Waals surface area contributed by atoms with Gasteiger partial charge < -0.3 is 15.2 Å². The van der Waals surface area contributed by atoms with Gasteiger partial charge in [-0.15, -0.1) is 0 Å². The van der Waals surface area contributed by atoms with Crippen LogP contribution in [-0.4, -0.2) is 61.3 Å². The number of carbonyl (C=O) groups excluding carboxylic acids is 1. The zero-order valence-corrected chi connectivity index (χ0v) is 9.28. The second kappa shape index (κ2) is 7.19. The molecule has 0 aromatic heterocycles. The maximum Gasteiger partial charge on any atom is 0.305 e. The lowest BCUT2D eigenvalue weighted by atomic mass is 10.3. The zero-order valence-electron chi connectivity index (χ0n) is 9.28. The van der Waals surface area contributed by atoms with Gasteiger partial charge >= 0.3 is 5.97 Å². The number of ether oxygens (including phenoxy) is 1. The minimum absolute atomic E-state index is 0.0245. The fourth-order valence-corrected chi connectivity index (χ4v) is 1.48. The van der Waals surface area contributed by atoms with E-state index in [2.05, 4.69) is 10.2 Å². The summed E-state index contributed by atoms with van der Waals surface area (Å²) in [5.41, 5.74) is 0. The minimum Gasteiger partial charge on any atom is -0.481 e. The molecular weight excluding hydrogens is 212 g/mol. The van der Waals surface area contributed by atoms with Crippen LogP contribution in [-0.2, 0) is 14.3 Å². The number of hydrogen-bond acceptors (Lipinski definition) is 4. The van der Waals surface area contributed by atoms with Crippen molar-refractivity contribution in [3.8, 4) is 0 Å². The van der Waals surface area contributed by atoms with Gasteiger partial charge in [0.2, 0.25) is 5.91 Å². The average molecular weight is 230 g/mol. The third kappa shape index (κ3) is 5.67. The highest BCUT2D eigenvalue weighted by Gasteiger charge is 2.11. The first-order valence-electron chi connectivity index (χ1n) is 5.47. The number of carboxylic acid groups (broad SMARTS) is 1. The van der Waals surface area contributed by atoms with Crippen molar-refractivity contribution in [1.82, 2.24) is 10.2 Å². The number of carboxylic acids is 1. The van der Waals surface area contributed by atoms with Gasteiger partial charge in [-0.3, -0.25) is 14.5 Å². The number of nitrogens with one attached hydrogen (secondary N) is 1. The van der Waals surface area contributed by atoms with E-state index in [1.807, 2.05) is 0 Å². The van der Waals surface area contributed by atoms with Gasteiger partial charge in [-0.1, -0.05) is 0 Å². The van der Waals surface area contributed by atoms with E-state index >= 15 is 0 Å². The monoisotopic (exact) mass is 230 g/mol. The molecule has 1 rings (SSSR count). The summed E-state index contributed by atoms with van der Waals surface area (Å²) in [6.07, 6.45) is 0.392. The summed E-state index contributed by atoms with van der Waals surface area (Å²) in [6.45, 7) is 4.09. The Labute approximate surface area is 94.6 Å². The maximum atomic E-state index is 11.3. The first-order valence-corrected chi connectivity index (χ1v) is 5.47. The number of aliphatic carboxylic acids is 1. The number of amides is 1. The molecule has 1 amide bonds. The van der Waals surface area contributed by atoms with Gasteiger partial charge in [-0.25, -0.2) is 0 Å². The van der Waals surface area contributed by atoms with Crippen LogP contribution in [0.15, 0.2) is 0 Å². The number of nitrogens with zero attached hydrogens (tertiary/aromatic N) is 1. The molecule has 16 heavy (non-hydrogen) atoms. The Hall–Kier alpha value is -1.14. The largest absolute Gasteiger partial charge is 0.481 e. The number of hydrogen-bond donors (Lipinski definition) is 2. The molecule has 1 heterocycles. The van der Waals surface area contributed by atoms with Crippen molar-refractivity contribution in [2.45, 2.75) is 12.8 Å². The van der Waals surface area contributed by atoms with Crippen LogP contribution in [0.5, 0.6) is 0 Å². The van der Waals surface area contributed by atoms with Gasteiger partial charge in [0.15, 0.2) is 0 Å². The topological polar surface area (TPSA) is 78.9 Å². The van der Waals surface area contributed by atoms with Crippen LogP contribution in [0.4, 0.5) is 0 Å². The zero-order chi connectivity index (χ0) is 11.8. The van der Waals surface area contributed by atoms with E-state index in [1.165, 1.54) is 0 Å².